The fourth-order valence-corrected chi connectivity index (χ4v) is 3.86. The second-order valence-electron chi connectivity index (χ2n) is 7.71. The van der Waals surface area contributed by atoms with Gasteiger partial charge in [-0.1, -0.05) is 36.4 Å². The smallest absolute Gasteiger partial charge is 0.322 e. The third-order valence-corrected chi connectivity index (χ3v) is 5.58. The molecular weight excluding hydrogens is 418 g/mol. The molecule has 0 unspecified atom stereocenters. The highest BCUT2D eigenvalue weighted by atomic mass is 19.1. The van der Waals surface area contributed by atoms with Crippen molar-refractivity contribution in [2.24, 2.45) is 5.73 Å². The van der Waals surface area contributed by atoms with Crippen molar-refractivity contribution >= 4 is 11.6 Å². The predicted molar refractivity (Wildman–Crippen MR) is 115 cm³/mol. The Morgan fingerprint density at radius 3 is 2.28 bits per heavy atom. The molecule has 1 saturated heterocycles. The molecule has 3 aromatic rings. The zero-order chi connectivity index (χ0) is 22.8. The molecule has 0 radical (unpaired) electrons. The van der Waals surface area contributed by atoms with Crippen molar-refractivity contribution in [2.75, 3.05) is 11.4 Å². The fraction of sp³-hybridized carbons (Fsp3) is 0.261. The van der Waals surface area contributed by atoms with Gasteiger partial charge in [-0.2, -0.15) is 0 Å². The minimum Gasteiger partial charge on any atom is -0.322 e. The summed E-state index contributed by atoms with van der Waals surface area (Å²) in [6, 6.07) is 11.7. The van der Waals surface area contributed by atoms with Gasteiger partial charge in [-0.25, -0.2) is 13.6 Å². The van der Waals surface area contributed by atoms with Crippen LogP contribution in [-0.4, -0.2) is 21.6 Å². The molecule has 1 atom stereocenters. The van der Waals surface area contributed by atoms with Crippen molar-refractivity contribution in [3.63, 3.8) is 0 Å². The Morgan fingerprint density at radius 2 is 1.66 bits per heavy atom. The van der Waals surface area contributed by atoms with E-state index in [1.54, 1.807) is 24.3 Å². The van der Waals surface area contributed by atoms with Gasteiger partial charge in [-0.15, -0.1) is 0 Å². The summed E-state index contributed by atoms with van der Waals surface area (Å²) in [5.74, 6) is -1.87. The molecule has 1 aromatic heterocycles. The normalized spacial score (nSPS) is 14.7. The number of halogens is 2. The second-order valence-corrected chi connectivity index (χ2v) is 7.71. The lowest BCUT2D eigenvalue weighted by molar-refractivity contribution is -0.117. The average molecular weight is 440 g/mol. The maximum Gasteiger partial charge on any atom is 0.331 e. The maximum atomic E-state index is 14.2. The van der Waals surface area contributed by atoms with E-state index in [0.29, 0.717) is 18.5 Å². The van der Waals surface area contributed by atoms with Gasteiger partial charge in [0.05, 0.1) is 13.1 Å². The molecule has 1 amide bonds. The first-order chi connectivity index (χ1) is 15.4. The van der Waals surface area contributed by atoms with Gasteiger partial charge >= 0.3 is 5.69 Å². The Bertz CT molecular complexity index is 1250. The summed E-state index contributed by atoms with van der Waals surface area (Å²) in [4.78, 5) is 39.9. The lowest BCUT2D eigenvalue weighted by Crippen LogP contribution is -2.45. The zero-order valence-corrected chi connectivity index (χ0v) is 17.2. The van der Waals surface area contributed by atoms with Crippen LogP contribution in [0.25, 0.3) is 0 Å². The van der Waals surface area contributed by atoms with Gasteiger partial charge in [-0.05, 0) is 24.1 Å². The Morgan fingerprint density at radius 1 is 0.969 bits per heavy atom. The van der Waals surface area contributed by atoms with Crippen molar-refractivity contribution in [2.45, 2.75) is 32.0 Å². The SMILES string of the molecule is N[C@@H](Cn1c(=O)c(N2CCCC2=O)cn(Cc2c(F)cccc2F)c1=O)c1ccccc1. The van der Waals surface area contributed by atoms with Gasteiger partial charge in [0.1, 0.15) is 17.3 Å². The number of amides is 1. The molecular formula is C23H22F2N4O3. The van der Waals surface area contributed by atoms with Crippen molar-refractivity contribution < 1.29 is 13.6 Å². The lowest BCUT2D eigenvalue weighted by Gasteiger charge is -2.21. The van der Waals surface area contributed by atoms with E-state index < -0.39 is 35.5 Å². The average Bonchev–Trinajstić information content (AvgIpc) is 3.21. The molecule has 7 nitrogen and oxygen atoms in total. The highest BCUT2D eigenvalue weighted by molar-refractivity contribution is 5.94. The minimum absolute atomic E-state index is 0.0101. The van der Waals surface area contributed by atoms with Crippen LogP contribution in [0.15, 0.2) is 64.3 Å². The molecule has 9 heteroatoms. The van der Waals surface area contributed by atoms with Gasteiger partial charge in [0.25, 0.3) is 5.56 Å². The largest absolute Gasteiger partial charge is 0.331 e. The first-order valence-electron chi connectivity index (χ1n) is 10.2. The Kier molecular flexibility index (Phi) is 6.00. The van der Waals surface area contributed by atoms with Crippen LogP contribution >= 0.6 is 0 Å². The molecule has 0 aliphatic carbocycles. The second kappa shape index (κ2) is 8.88. The van der Waals surface area contributed by atoms with E-state index >= 15 is 0 Å². The molecule has 0 bridgehead atoms. The molecule has 0 spiro atoms. The van der Waals surface area contributed by atoms with Crippen LogP contribution in [0.2, 0.25) is 0 Å². The van der Waals surface area contributed by atoms with Gasteiger partial charge in [0.15, 0.2) is 0 Å². The summed E-state index contributed by atoms with van der Waals surface area (Å²) in [5.41, 5.74) is 5.20. The number of anilines is 1. The number of rotatable bonds is 6. The molecule has 166 valence electrons. The van der Waals surface area contributed by atoms with E-state index in [9.17, 15) is 23.2 Å². The molecule has 1 aliphatic heterocycles. The fourth-order valence-electron chi connectivity index (χ4n) is 3.86. The quantitative estimate of drug-likeness (QED) is 0.636. The van der Waals surface area contributed by atoms with Crippen LogP contribution in [0.1, 0.15) is 30.0 Å². The molecule has 1 fully saturated rings. The van der Waals surface area contributed by atoms with E-state index in [1.807, 2.05) is 6.07 Å². The van der Waals surface area contributed by atoms with E-state index in [2.05, 4.69) is 0 Å². The Balaban J connectivity index is 1.82. The summed E-state index contributed by atoms with van der Waals surface area (Å²) < 4.78 is 30.4. The van der Waals surface area contributed by atoms with Gasteiger partial charge in [-0.3, -0.25) is 18.7 Å². The van der Waals surface area contributed by atoms with E-state index in [4.69, 9.17) is 5.73 Å². The Labute approximate surface area is 182 Å². The molecule has 2 aromatic carbocycles. The van der Waals surface area contributed by atoms with Crippen molar-refractivity contribution in [1.82, 2.24) is 9.13 Å². The minimum atomic E-state index is -0.811. The van der Waals surface area contributed by atoms with Crippen LogP contribution in [0.3, 0.4) is 0 Å². The number of benzene rings is 2. The van der Waals surface area contributed by atoms with Crippen LogP contribution in [0.4, 0.5) is 14.5 Å². The lowest BCUT2D eigenvalue weighted by atomic mass is 10.1. The molecule has 1 aliphatic rings. The highest BCUT2D eigenvalue weighted by Gasteiger charge is 2.27. The van der Waals surface area contributed by atoms with Crippen LogP contribution in [-0.2, 0) is 17.9 Å². The first kappa shape index (κ1) is 21.6. The summed E-state index contributed by atoms with van der Waals surface area (Å²) >= 11 is 0. The number of nitrogens with zero attached hydrogens (tertiary/aromatic N) is 3. The van der Waals surface area contributed by atoms with Crippen LogP contribution in [0, 0.1) is 11.6 Å². The number of carbonyl (C=O) groups is 1. The number of hydrogen-bond acceptors (Lipinski definition) is 4. The number of nitrogens with two attached hydrogens (primary N) is 1. The van der Waals surface area contributed by atoms with Gasteiger partial charge in [0.2, 0.25) is 5.91 Å². The molecule has 4 rings (SSSR count). The summed E-state index contributed by atoms with van der Waals surface area (Å²) in [6.45, 7) is -0.268. The van der Waals surface area contributed by atoms with Gasteiger partial charge < -0.3 is 10.6 Å². The van der Waals surface area contributed by atoms with Crippen molar-refractivity contribution in [1.29, 1.82) is 0 Å². The molecule has 2 N–H and O–H groups in total. The number of carbonyl (C=O) groups excluding carboxylic acids is 1. The topological polar surface area (TPSA) is 90.3 Å². The van der Waals surface area contributed by atoms with E-state index in [1.165, 1.54) is 17.2 Å². The summed E-state index contributed by atoms with van der Waals surface area (Å²) in [7, 11) is 0. The zero-order valence-electron chi connectivity index (χ0n) is 17.2. The van der Waals surface area contributed by atoms with E-state index in [0.717, 1.165) is 21.3 Å². The number of hydrogen-bond donors (Lipinski definition) is 1. The molecule has 0 saturated carbocycles. The summed E-state index contributed by atoms with van der Waals surface area (Å²) in [5, 5.41) is 0. The number of aromatic nitrogens is 2. The Hall–Kier alpha value is -3.59. The van der Waals surface area contributed by atoms with Crippen LogP contribution < -0.4 is 21.9 Å². The standard InChI is InChI=1S/C23H22F2N4O3/c24-17-8-4-9-18(25)16(17)12-27-14-20(28-11-5-10-21(28)30)22(31)29(23(27)32)13-19(26)15-6-2-1-3-7-15/h1-4,6-9,14,19H,5,10-13,26H2/t19-/m0/s1. The van der Waals surface area contributed by atoms with E-state index in [-0.39, 0.29) is 30.1 Å². The van der Waals surface area contributed by atoms with Crippen molar-refractivity contribution in [3.8, 4) is 0 Å². The monoisotopic (exact) mass is 440 g/mol. The third kappa shape index (κ3) is 4.11. The van der Waals surface area contributed by atoms with Crippen molar-refractivity contribution in [3.05, 3.63) is 98.3 Å². The van der Waals surface area contributed by atoms with Crippen LogP contribution in [0.5, 0.6) is 0 Å². The molecule has 32 heavy (non-hydrogen) atoms. The maximum absolute atomic E-state index is 14.2. The third-order valence-electron chi connectivity index (χ3n) is 5.58. The highest BCUT2D eigenvalue weighted by Crippen LogP contribution is 2.19. The first-order valence-corrected chi connectivity index (χ1v) is 10.2. The summed E-state index contributed by atoms with van der Waals surface area (Å²) in [6.07, 6.45) is 2.05. The molecule has 2 heterocycles. The predicted octanol–water partition coefficient (Wildman–Crippen LogP) is 2.16. The van der Waals surface area contributed by atoms with Gasteiger partial charge in [0, 0.05) is 30.8 Å².